The van der Waals surface area contributed by atoms with E-state index < -0.39 is 15.8 Å². The minimum absolute atomic E-state index is 0.0229. The number of sulfone groups is 1. The number of hydrogen-bond donors (Lipinski definition) is 0. The van der Waals surface area contributed by atoms with Gasteiger partial charge in [-0.3, -0.25) is 0 Å². The van der Waals surface area contributed by atoms with Crippen molar-refractivity contribution in [2.75, 3.05) is 19.0 Å². The molecule has 8 nitrogen and oxygen atoms in total. The molecular weight excluding hydrogens is 637 g/mol. The average Bonchev–Trinajstić information content (AvgIpc) is 3.09. The number of aromatic nitrogens is 2. The van der Waals surface area contributed by atoms with Gasteiger partial charge in [-0.1, -0.05) is 95.3 Å². The Kier molecular flexibility index (Phi) is 14.2. The molecule has 1 atom stereocenters. The fourth-order valence-corrected chi connectivity index (χ4v) is 7.25. The van der Waals surface area contributed by atoms with Crippen molar-refractivity contribution < 1.29 is 27.4 Å². The second-order valence-corrected chi connectivity index (χ2v) is 15.7. The Balaban J connectivity index is 1.20. The van der Waals surface area contributed by atoms with Crippen molar-refractivity contribution in [1.82, 2.24) is 9.97 Å². The molecule has 0 aliphatic carbocycles. The zero-order valence-corrected chi connectivity index (χ0v) is 30.6. The van der Waals surface area contributed by atoms with E-state index in [0.29, 0.717) is 18.1 Å². The van der Waals surface area contributed by atoms with E-state index in [0.717, 1.165) is 66.2 Å². The first kappa shape index (κ1) is 38.0. The summed E-state index contributed by atoms with van der Waals surface area (Å²) < 4.78 is 42.4. The maximum absolute atomic E-state index is 12.7. The van der Waals surface area contributed by atoms with E-state index >= 15 is 0 Å². The molecule has 0 radical (unpaired) electrons. The smallest absolute Gasteiger partial charge is 0.381 e. The molecule has 0 amide bonds. The Bertz CT molecular complexity index is 1740. The third-order valence-corrected chi connectivity index (χ3v) is 10.7. The predicted molar refractivity (Wildman–Crippen MR) is 197 cm³/mol. The Morgan fingerprint density at radius 1 is 0.776 bits per heavy atom. The Morgan fingerprint density at radius 3 is 2.06 bits per heavy atom. The Morgan fingerprint density at radius 2 is 1.39 bits per heavy atom. The van der Waals surface area contributed by atoms with E-state index in [4.69, 9.17) is 14.2 Å². The van der Waals surface area contributed by atoms with Crippen LogP contribution >= 0.6 is 0 Å². The van der Waals surface area contributed by atoms with Gasteiger partial charge >= 0.3 is 5.97 Å². The summed E-state index contributed by atoms with van der Waals surface area (Å²) in [5, 5.41) is 2.01. The van der Waals surface area contributed by atoms with E-state index in [1.165, 1.54) is 31.7 Å². The molecule has 49 heavy (non-hydrogen) atoms. The van der Waals surface area contributed by atoms with Crippen LogP contribution < -0.4 is 9.47 Å². The minimum Gasteiger partial charge on any atom is -0.490 e. The molecule has 1 heterocycles. The van der Waals surface area contributed by atoms with Crippen molar-refractivity contribution in [3.8, 4) is 22.6 Å². The van der Waals surface area contributed by atoms with Gasteiger partial charge in [0, 0.05) is 6.61 Å². The quantitative estimate of drug-likeness (QED) is 0.0514. The highest BCUT2D eigenvalue weighted by atomic mass is 32.2. The molecule has 0 fully saturated rings. The van der Waals surface area contributed by atoms with Gasteiger partial charge < -0.3 is 14.2 Å². The number of benzene rings is 3. The Hall–Kier alpha value is -3.82. The normalized spacial score (nSPS) is 12.6. The number of carbonyl (C=O) groups excluding carboxylic acids is 1. The lowest BCUT2D eigenvalue weighted by Crippen LogP contribution is -2.23. The van der Waals surface area contributed by atoms with E-state index in [2.05, 4.69) is 36.8 Å². The summed E-state index contributed by atoms with van der Waals surface area (Å²) in [6.07, 6.45) is 11.6. The van der Waals surface area contributed by atoms with Gasteiger partial charge in [0.05, 0.1) is 36.1 Å². The fraction of sp³-hybridized carbons (Fsp3) is 0.475. The molecule has 0 spiro atoms. The molecule has 264 valence electrons. The SMILES string of the molecule is CCC(C)CS(=O)(=O)Cc1ccc2cc(-c3ccc(OC(=O)c4ncc(OCCCCCCCCOC(C)(C)CC)cn4)cc3)ccc2c1. The van der Waals surface area contributed by atoms with Crippen molar-refractivity contribution in [3.05, 3.63) is 84.4 Å². The molecule has 0 bridgehead atoms. The maximum Gasteiger partial charge on any atom is 0.381 e. The van der Waals surface area contributed by atoms with Crippen LogP contribution in [0.5, 0.6) is 11.5 Å². The first-order chi connectivity index (χ1) is 23.5. The van der Waals surface area contributed by atoms with Crippen LogP contribution in [0.1, 0.15) is 102 Å². The lowest BCUT2D eigenvalue weighted by Gasteiger charge is -2.23. The van der Waals surface area contributed by atoms with Crippen molar-refractivity contribution >= 4 is 26.6 Å². The zero-order valence-electron chi connectivity index (χ0n) is 29.7. The van der Waals surface area contributed by atoms with Crippen molar-refractivity contribution in [3.63, 3.8) is 0 Å². The highest BCUT2D eigenvalue weighted by Crippen LogP contribution is 2.28. The minimum atomic E-state index is -3.16. The third kappa shape index (κ3) is 12.5. The molecule has 3 aromatic carbocycles. The number of fused-ring (bicyclic) bond motifs is 1. The first-order valence-electron chi connectivity index (χ1n) is 17.6. The molecule has 9 heteroatoms. The monoisotopic (exact) mass is 688 g/mol. The molecule has 0 saturated carbocycles. The van der Waals surface area contributed by atoms with E-state index in [9.17, 15) is 13.2 Å². The van der Waals surface area contributed by atoms with Crippen LogP contribution in [0, 0.1) is 5.92 Å². The summed E-state index contributed by atoms with van der Waals surface area (Å²) >= 11 is 0. The van der Waals surface area contributed by atoms with Gasteiger partial charge in [-0.15, -0.1) is 0 Å². The van der Waals surface area contributed by atoms with Gasteiger partial charge in [-0.2, -0.15) is 0 Å². The molecule has 0 saturated heterocycles. The summed E-state index contributed by atoms with van der Waals surface area (Å²) in [5.41, 5.74) is 2.73. The molecular formula is C40H52N2O6S. The number of unbranched alkanes of at least 4 members (excludes halogenated alkanes) is 5. The average molecular weight is 689 g/mol. The summed E-state index contributed by atoms with van der Waals surface area (Å²) in [7, 11) is -3.16. The zero-order chi connectivity index (χ0) is 35.3. The van der Waals surface area contributed by atoms with Gasteiger partial charge in [0.25, 0.3) is 0 Å². The summed E-state index contributed by atoms with van der Waals surface area (Å²) in [6.45, 7) is 11.8. The number of carbonyl (C=O) groups is 1. The van der Waals surface area contributed by atoms with Gasteiger partial charge in [0.15, 0.2) is 15.6 Å². The van der Waals surface area contributed by atoms with Crippen molar-refractivity contribution in [2.24, 2.45) is 5.92 Å². The van der Waals surface area contributed by atoms with Gasteiger partial charge in [0.1, 0.15) is 5.75 Å². The molecule has 1 aromatic heterocycles. The van der Waals surface area contributed by atoms with Crippen LogP contribution in [0.15, 0.2) is 73.1 Å². The summed E-state index contributed by atoms with van der Waals surface area (Å²) in [6, 6.07) is 19.1. The highest BCUT2D eigenvalue weighted by molar-refractivity contribution is 7.90. The second-order valence-electron chi connectivity index (χ2n) is 13.6. The molecule has 4 aromatic rings. The van der Waals surface area contributed by atoms with Crippen molar-refractivity contribution in [2.45, 2.75) is 97.3 Å². The first-order valence-corrected chi connectivity index (χ1v) is 19.4. The van der Waals surface area contributed by atoms with E-state index in [1.54, 1.807) is 12.1 Å². The lowest BCUT2D eigenvalue weighted by molar-refractivity contribution is -0.0217. The van der Waals surface area contributed by atoms with Crippen LogP contribution in [0.3, 0.4) is 0 Å². The van der Waals surface area contributed by atoms with Crippen molar-refractivity contribution in [1.29, 1.82) is 0 Å². The predicted octanol–water partition coefficient (Wildman–Crippen LogP) is 9.40. The van der Waals surface area contributed by atoms with Crippen LogP contribution in [-0.4, -0.2) is 48.9 Å². The highest BCUT2D eigenvalue weighted by Gasteiger charge is 2.17. The number of hydrogen-bond acceptors (Lipinski definition) is 8. The summed E-state index contributed by atoms with van der Waals surface area (Å²) in [5.74, 6) is 0.636. The number of nitrogens with zero attached hydrogens (tertiary/aromatic N) is 2. The second kappa shape index (κ2) is 18.3. The molecule has 0 aliphatic heterocycles. The molecule has 4 rings (SSSR count). The number of rotatable bonds is 20. The van der Waals surface area contributed by atoms with Gasteiger partial charge in [0.2, 0.25) is 5.82 Å². The van der Waals surface area contributed by atoms with Crippen LogP contribution in [0.2, 0.25) is 0 Å². The molecule has 0 aliphatic rings. The Labute approximate surface area is 292 Å². The van der Waals surface area contributed by atoms with Crippen LogP contribution in [0.4, 0.5) is 0 Å². The lowest BCUT2D eigenvalue weighted by atomic mass is 10.0. The summed E-state index contributed by atoms with van der Waals surface area (Å²) in [4.78, 5) is 20.9. The van der Waals surface area contributed by atoms with E-state index in [1.807, 2.05) is 56.3 Å². The number of esters is 1. The van der Waals surface area contributed by atoms with Crippen LogP contribution in [0.25, 0.3) is 21.9 Å². The number of ether oxygens (including phenoxy) is 3. The fourth-order valence-electron chi connectivity index (χ4n) is 5.34. The third-order valence-electron chi connectivity index (χ3n) is 8.89. The standard InChI is InChI=1S/C40H52N2O6S/c1-6-30(3)28-49(44,45)29-31-14-15-35-25-34(17-16-33(35)24-31)32-18-20-36(21-19-32)48-39(43)38-41-26-37(27-42-38)46-22-12-10-8-9-11-13-23-47-40(4,5)7-2/h14-21,24-27,30H,6-13,22-23,28-29H2,1-5H3. The topological polar surface area (TPSA) is 105 Å². The van der Waals surface area contributed by atoms with Gasteiger partial charge in [-0.25, -0.2) is 23.2 Å². The van der Waals surface area contributed by atoms with E-state index in [-0.39, 0.29) is 28.8 Å². The van der Waals surface area contributed by atoms with Crippen LogP contribution in [-0.2, 0) is 20.3 Å². The molecule has 0 N–H and O–H groups in total. The largest absolute Gasteiger partial charge is 0.490 e. The molecule has 1 unspecified atom stereocenters. The van der Waals surface area contributed by atoms with Gasteiger partial charge in [-0.05, 0) is 84.7 Å². The maximum atomic E-state index is 12.7.